The van der Waals surface area contributed by atoms with Crippen molar-refractivity contribution in [2.75, 3.05) is 41.0 Å². The molecule has 2 amide bonds. The van der Waals surface area contributed by atoms with Crippen LogP contribution in [0.25, 0.3) is 0 Å². The average Bonchev–Trinajstić information content (AvgIpc) is 2.65. The lowest BCUT2D eigenvalue weighted by molar-refractivity contribution is -0.138. The van der Waals surface area contributed by atoms with E-state index < -0.39 is 0 Å². The largest absolute Gasteiger partial charge is 0.497 e. The summed E-state index contributed by atoms with van der Waals surface area (Å²) >= 11 is 0. The van der Waals surface area contributed by atoms with E-state index in [1.165, 1.54) is 0 Å². The molecule has 1 aliphatic rings. The number of benzene rings is 1. The minimum Gasteiger partial charge on any atom is -0.497 e. The third-order valence-corrected chi connectivity index (χ3v) is 4.38. The summed E-state index contributed by atoms with van der Waals surface area (Å²) in [6.07, 6.45) is 0.974. The van der Waals surface area contributed by atoms with Crippen molar-refractivity contribution in [2.45, 2.75) is 19.4 Å². The van der Waals surface area contributed by atoms with E-state index in [-0.39, 0.29) is 17.7 Å². The minimum atomic E-state index is -0.196. The van der Waals surface area contributed by atoms with Crippen LogP contribution in [0.1, 0.15) is 18.4 Å². The summed E-state index contributed by atoms with van der Waals surface area (Å²) in [5.74, 6) is 1.20. The molecule has 1 aromatic rings. The molecule has 1 aliphatic heterocycles. The zero-order valence-electron chi connectivity index (χ0n) is 15.0. The molecule has 0 bridgehead atoms. The number of piperidine rings is 1. The van der Waals surface area contributed by atoms with Crippen LogP contribution in [0.3, 0.4) is 0 Å². The van der Waals surface area contributed by atoms with E-state index in [1.54, 1.807) is 32.3 Å². The minimum absolute atomic E-state index is 0.0483. The number of methoxy groups -OCH3 is 3. The van der Waals surface area contributed by atoms with Crippen LogP contribution >= 0.6 is 0 Å². The van der Waals surface area contributed by atoms with Crippen molar-refractivity contribution in [3.63, 3.8) is 0 Å². The lowest BCUT2D eigenvalue weighted by atomic mass is 9.96. The lowest BCUT2D eigenvalue weighted by Crippen LogP contribution is -2.46. The molecule has 0 aromatic heterocycles. The Labute approximate surface area is 148 Å². The molecule has 1 fully saturated rings. The number of amides is 2. The highest BCUT2D eigenvalue weighted by Gasteiger charge is 2.29. The highest BCUT2D eigenvalue weighted by Crippen LogP contribution is 2.25. The second-order valence-corrected chi connectivity index (χ2v) is 5.96. The molecule has 1 heterocycles. The highest BCUT2D eigenvalue weighted by atomic mass is 16.5. The Kier molecular flexibility index (Phi) is 7.06. The Hall–Kier alpha value is -2.28. The standard InChI is InChI=1S/C18H26N2O5/c1-23-9-8-20-12-14(5-7-17(20)21)18(22)19-11-13-4-6-15(24-2)10-16(13)25-3/h4,6,10,14H,5,7-9,11-12H2,1-3H3,(H,19,22). The van der Waals surface area contributed by atoms with Gasteiger partial charge in [0.05, 0.1) is 26.7 Å². The van der Waals surface area contributed by atoms with Crippen molar-refractivity contribution >= 4 is 11.8 Å². The second kappa shape index (κ2) is 9.27. The molecule has 0 aliphatic carbocycles. The molecule has 0 saturated carbocycles. The van der Waals surface area contributed by atoms with Crippen LogP contribution in [-0.2, 0) is 20.9 Å². The zero-order valence-corrected chi connectivity index (χ0v) is 15.0. The van der Waals surface area contributed by atoms with E-state index in [0.29, 0.717) is 50.6 Å². The van der Waals surface area contributed by atoms with E-state index >= 15 is 0 Å². The molecule has 0 spiro atoms. The maximum atomic E-state index is 12.5. The summed E-state index contributed by atoms with van der Waals surface area (Å²) in [5.41, 5.74) is 0.875. The molecule has 2 rings (SSSR count). The van der Waals surface area contributed by atoms with Crippen LogP contribution in [0.2, 0.25) is 0 Å². The monoisotopic (exact) mass is 350 g/mol. The van der Waals surface area contributed by atoms with Gasteiger partial charge in [0, 0.05) is 44.8 Å². The van der Waals surface area contributed by atoms with Gasteiger partial charge in [0.15, 0.2) is 0 Å². The fourth-order valence-electron chi connectivity index (χ4n) is 2.87. The molecule has 138 valence electrons. The van der Waals surface area contributed by atoms with Gasteiger partial charge in [-0.3, -0.25) is 9.59 Å². The Morgan fingerprint density at radius 1 is 1.28 bits per heavy atom. The lowest BCUT2D eigenvalue weighted by Gasteiger charge is -2.31. The van der Waals surface area contributed by atoms with Crippen LogP contribution in [-0.4, -0.2) is 57.7 Å². The Balaban J connectivity index is 1.92. The fraction of sp³-hybridized carbons (Fsp3) is 0.556. The number of nitrogens with zero attached hydrogens (tertiary/aromatic N) is 1. The van der Waals surface area contributed by atoms with Crippen molar-refractivity contribution in [1.82, 2.24) is 10.2 Å². The Bertz CT molecular complexity index is 605. The van der Waals surface area contributed by atoms with E-state index in [0.717, 1.165) is 5.56 Å². The van der Waals surface area contributed by atoms with Crippen LogP contribution < -0.4 is 14.8 Å². The summed E-state index contributed by atoms with van der Waals surface area (Å²) in [4.78, 5) is 26.1. The SMILES string of the molecule is COCCN1CC(C(=O)NCc2ccc(OC)cc2OC)CCC1=O. The number of carbonyl (C=O) groups excluding carboxylic acids is 2. The third kappa shape index (κ3) is 5.09. The molecule has 1 N–H and O–H groups in total. The van der Waals surface area contributed by atoms with Crippen molar-refractivity contribution in [3.8, 4) is 11.5 Å². The number of hydrogen-bond acceptors (Lipinski definition) is 5. The maximum Gasteiger partial charge on any atom is 0.225 e. The number of ether oxygens (including phenoxy) is 3. The molecular formula is C18H26N2O5. The zero-order chi connectivity index (χ0) is 18.2. The molecule has 1 atom stereocenters. The molecule has 1 aromatic carbocycles. The predicted octanol–water partition coefficient (Wildman–Crippen LogP) is 1.21. The van der Waals surface area contributed by atoms with E-state index in [9.17, 15) is 9.59 Å². The van der Waals surface area contributed by atoms with E-state index in [2.05, 4.69) is 5.32 Å². The van der Waals surface area contributed by atoms with E-state index in [1.807, 2.05) is 12.1 Å². The van der Waals surface area contributed by atoms with Crippen LogP contribution in [0, 0.1) is 5.92 Å². The molecule has 1 unspecified atom stereocenters. The first kappa shape index (κ1) is 19.1. The number of nitrogens with one attached hydrogen (secondary N) is 1. The summed E-state index contributed by atoms with van der Waals surface area (Å²) in [6, 6.07) is 5.48. The predicted molar refractivity (Wildman–Crippen MR) is 92.6 cm³/mol. The van der Waals surface area contributed by atoms with Gasteiger partial charge >= 0.3 is 0 Å². The van der Waals surface area contributed by atoms with Crippen molar-refractivity contribution in [3.05, 3.63) is 23.8 Å². The van der Waals surface area contributed by atoms with Crippen molar-refractivity contribution < 1.29 is 23.8 Å². The summed E-state index contributed by atoms with van der Waals surface area (Å²) in [6.45, 7) is 1.80. The van der Waals surface area contributed by atoms with Gasteiger partial charge < -0.3 is 24.4 Å². The van der Waals surface area contributed by atoms with Gasteiger partial charge in [-0.25, -0.2) is 0 Å². The Morgan fingerprint density at radius 2 is 2.08 bits per heavy atom. The van der Waals surface area contributed by atoms with Gasteiger partial charge in [0.2, 0.25) is 11.8 Å². The van der Waals surface area contributed by atoms with E-state index in [4.69, 9.17) is 14.2 Å². The average molecular weight is 350 g/mol. The molecule has 7 heteroatoms. The summed E-state index contributed by atoms with van der Waals surface area (Å²) in [7, 11) is 4.78. The molecular weight excluding hydrogens is 324 g/mol. The maximum absolute atomic E-state index is 12.5. The Morgan fingerprint density at radius 3 is 2.76 bits per heavy atom. The van der Waals surface area contributed by atoms with Gasteiger partial charge in [-0.2, -0.15) is 0 Å². The normalized spacial score (nSPS) is 17.3. The third-order valence-electron chi connectivity index (χ3n) is 4.38. The van der Waals surface area contributed by atoms with Crippen LogP contribution in [0.4, 0.5) is 0 Å². The molecule has 1 saturated heterocycles. The molecule has 25 heavy (non-hydrogen) atoms. The molecule has 7 nitrogen and oxygen atoms in total. The van der Waals surface area contributed by atoms with Crippen LogP contribution in [0.15, 0.2) is 18.2 Å². The topological polar surface area (TPSA) is 77.1 Å². The van der Waals surface area contributed by atoms with Crippen LogP contribution in [0.5, 0.6) is 11.5 Å². The van der Waals surface area contributed by atoms with Gasteiger partial charge in [-0.05, 0) is 18.6 Å². The summed E-state index contributed by atoms with van der Waals surface area (Å²) < 4.78 is 15.5. The van der Waals surface area contributed by atoms with Gasteiger partial charge in [-0.1, -0.05) is 0 Å². The first-order chi connectivity index (χ1) is 12.1. The number of carbonyl (C=O) groups is 2. The van der Waals surface area contributed by atoms with Gasteiger partial charge in [0.25, 0.3) is 0 Å². The van der Waals surface area contributed by atoms with Gasteiger partial charge in [0.1, 0.15) is 11.5 Å². The summed E-state index contributed by atoms with van der Waals surface area (Å²) in [5, 5.41) is 2.94. The fourth-order valence-corrected chi connectivity index (χ4v) is 2.87. The smallest absolute Gasteiger partial charge is 0.225 e. The van der Waals surface area contributed by atoms with Crippen molar-refractivity contribution in [1.29, 1.82) is 0 Å². The highest BCUT2D eigenvalue weighted by molar-refractivity contribution is 5.83. The first-order valence-electron chi connectivity index (χ1n) is 8.34. The number of hydrogen-bond donors (Lipinski definition) is 1. The van der Waals surface area contributed by atoms with Crippen molar-refractivity contribution in [2.24, 2.45) is 5.92 Å². The second-order valence-electron chi connectivity index (χ2n) is 5.96. The number of rotatable bonds is 8. The number of likely N-dealkylation sites (tertiary alicyclic amines) is 1. The first-order valence-corrected chi connectivity index (χ1v) is 8.34. The van der Waals surface area contributed by atoms with Gasteiger partial charge in [-0.15, -0.1) is 0 Å². The quantitative estimate of drug-likeness (QED) is 0.762. The molecule has 0 radical (unpaired) electrons.